The fraction of sp³-hybridized carbons (Fsp3) is 0.875. The van der Waals surface area contributed by atoms with Crippen LogP contribution < -0.4 is 5.73 Å². The standard InChI is InChI=1S/C8H18N2O/c1-5-7(11-4)8(9)10-6(2)3/h6-7H,5H2,1-4H3,(H2,9,10). The van der Waals surface area contributed by atoms with Gasteiger partial charge in [0.05, 0.1) is 0 Å². The Bertz CT molecular complexity index is 128. The van der Waals surface area contributed by atoms with Crippen LogP contribution in [0.2, 0.25) is 0 Å². The highest BCUT2D eigenvalue weighted by Crippen LogP contribution is 1.97. The summed E-state index contributed by atoms with van der Waals surface area (Å²) in [6.45, 7) is 6.02. The Morgan fingerprint density at radius 3 is 2.36 bits per heavy atom. The fourth-order valence-electron chi connectivity index (χ4n) is 0.878. The van der Waals surface area contributed by atoms with Crippen molar-refractivity contribution in [2.24, 2.45) is 10.7 Å². The lowest BCUT2D eigenvalue weighted by molar-refractivity contribution is 0.151. The highest BCUT2D eigenvalue weighted by molar-refractivity contribution is 5.84. The topological polar surface area (TPSA) is 47.6 Å². The van der Waals surface area contributed by atoms with E-state index < -0.39 is 0 Å². The summed E-state index contributed by atoms with van der Waals surface area (Å²) in [5.74, 6) is 0.602. The quantitative estimate of drug-likeness (QED) is 0.493. The monoisotopic (exact) mass is 158 g/mol. The summed E-state index contributed by atoms with van der Waals surface area (Å²) in [7, 11) is 1.65. The van der Waals surface area contributed by atoms with Gasteiger partial charge in [0.15, 0.2) is 0 Å². The zero-order valence-corrected chi connectivity index (χ0v) is 7.79. The smallest absolute Gasteiger partial charge is 0.123 e. The molecule has 1 atom stereocenters. The van der Waals surface area contributed by atoms with Crippen molar-refractivity contribution >= 4 is 5.84 Å². The van der Waals surface area contributed by atoms with E-state index in [1.807, 2.05) is 20.8 Å². The van der Waals surface area contributed by atoms with E-state index in [2.05, 4.69) is 4.99 Å². The molecule has 0 aromatic carbocycles. The van der Waals surface area contributed by atoms with Gasteiger partial charge in [0.1, 0.15) is 11.9 Å². The van der Waals surface area contributed by atoms with Gasteiger partial charge in [-0.3, -0.25) is 4.99 Å². The Balaban J connectivity index is 4.07. The molecule has 0 amide bonds. The van der Waals surface area contributed by atoms with E-state index in [9.17, 15) is 0 Å². The van der Waals surface area contributed by atoms with Crippen molar-refractivity contribution in [2.45, 2.75) is 39.3 Å². The van der Waals surface area contributed by atoms with Gasteiger partial charge in [-0.2, -0.15) is 0 Å². The van der Waals surface area contributed by atoms with Crippen LogP contribution in [-0.2, 0) is 4.74 Å². The molecule has 0 aromatic rings. The lowest BCUT2D eigenvalue weighted by Gasteiger charge is -2.12. The molecule has 0 aliphatic carbocycles. The maximum absolute atomic E-state index is 5.66. The average molecular weight is 158 g/mol. The molecule has 0 heterocycles. The summed E-state index contributed by atoms with van der Waals surface area (Å²) in [6, 6.07) is 0.249. The van der Waals surface area contributed by atoms with Crippen molar-refractivity contribution in [3.63, 3.8) is 0 Å². The van der Waals surface area contributed by atoms with Crippen LogP contribution in [0.4, 0.5) is 0 Å². The highest BCUT2D eigenvalue weighted by atomic mass is 16.5. The van der Waals surface area contributed by atoms with E-state index in [-0.39, 0.29) is 12.1 Å². The lowest BCUT2D eigenvalue weighted by Crippen LogP contribution is -2.30. The summed E-state index contributed by atoms with van der Waals surface area (Å²) < 4.78 is 5.11. The van der Waals surface area contributed by atoms with Gasteiger partial charge in [-0.15, -0.1) is 0 Å². The third-order valence-corrected chi connectivity index (χ3v) is 1.39. The first-order valence-corrected chi connectivity index (χ1v) is 3.97. The summed E-state index contributed by atoms with van der Waals surface area (Å²) in [5, 5.41) is 0. The van der Waals surface area contributed by atoms with E-state index in [0.29, 0.717) is 5.84 Å². The molecule has 0 radical (unpaired) electrons. The van der Waals surface area contributed by atoms with Crippen LogP contribution in [0.5, 0.6) is 0 Å². The molecule has 0 saturated heterocycles. The summed E-state index contributed by atoms with van der Waals surface area (Å²) in [6.07, 6.45) is 0.857. The molecule has 1 unspecified atom stereocenters. The third-order valence-electron chi connectivity index (χ3n) is 1.39. The Morgan fingerprint density at radius 2 is 2.09 bits per heavy atom. The van der Waals surface area contributed by atoms with E-state index in [1.165, 1.54) is 0 Å². The van der Waals surface area contributed by atoms with Crippen LogP contribution in [-0.4, -0.2) is 25.1 Å². The molecule has 66 valence electrons. The molecule has 0 bridgehead atoms. The minimum atomic E-state index is -0.0163. The average Bonchev–Trinajstić information content (AvgIpc) is 1.88. The van der Waals surface area contributed by atoms with Gasteiger partial charge in [-0.1, -0.05) is 6.92 Å². The van der Waals surface area contributed by atoms with Gasteiger partial charge in [0.2, 0.25) is 0 Å². The maximum Gasteiger partial charge on any atom is 0.123 e. The van der Waals surface area contributed by atoms with Gasteiger partial charge in [-0.05, 0) is 20.3 Å². The molecule has 0 fully saturated rings. The number of methoxy groups -OCH3 is 1. The summed E-state index contributed by atoms with van der Waals surface area (Å²) in [4.78, 5) is 4.19. The van der Waals surface area contributed by atoms with Crippen molar-refractivity contribution in [1.82, 2.24) is 0 Å². The Labute approximate surface area is 68.6 Å². The van der Waals surface area contributed by atoms with Crippen molar-refractivity contribution < 1.29 is 4.74 Å². The zero-order valence-electron chi connectivity index (χ0n) is 7.79. The summed E-state index contributed by atoms with van der Waals surface area (Å²) in [5.41, 5.74) is 5.66. The van der Waals surface area contributed by atoms with E-state index >= 15 is 0 Å². The van der Waals surface area contributed by atoms with Gasteiger partial charge in [0, 0.05) is 13.2 Å². The number of nitrogens with two attached hydrogens (primary N) is 1. The van der Waals surface area contributed by atoms with E-state index in [0.717, 1.165) is 6.42 Å². The number of rotatable bonds is 4. The van der Waals surface area contributed by atoms with E-state index in [4.69, 9.17) is 10.5 Å². The molecule has 0 aromatic heterocycles. The van der Waals surface area contributed by atoms with Crippen LogP contribution in [0.25, 0.3) is 0 Å². The molecule has 3 heteroatoms. The molecule has 0 spiro atoms. The van der Waals surface area contributed by atoms with E-state index in [1.54, 1.807) is 7.11 Å². The minimum Gasteiger partial charge on any atom is -0.385 e. The van der Waals surface area contributed by atoms with Crippen LogP contribution in [0.15, 0.2) is 4.99 Å². The normalized spacial score (nSPS) is 15.5. The predicted octanol–water partition coefficient (Wildman–Crippen LogP) is 1.18. The van der Waals surface area contributed by atoms with Gasteiger partial charge >= 0.3 is 0 Å². The molecule has 0 rings (SSSR count). The first kappa shape index (κ1) is 10.4. The second-order valence-corrected chi connectivity index (χ2v) is 2.78. The lowest BCUT2D eigenvalue weighted by atomic mass is 10.2. The molecule has 0 aliphatic rings. The van der Waals surface area contributed by atoms with Gasteiger partial charge in [-0.25, -0.2) is 0 Å². The summed E-state index contributed by atoms with van der Waals surface area (Å²) >= 11 is 0. The molecule has 0 aliphatic heterocycles. The molecule has 11 heavy (non-hydrogen) atoms. The van der Waals surface area contributed by atoms with Crippen LogP contribution >= 0.6 is 0 Å². The second kappa shape index (κ2) is 5.13. The van der Waals surface area contributed by atoms with Gasteiger partial charge < -0.3 is 10.5 Å². The van der Waals surface area contributed by atoms with Crippen molar-refractivity contribution in [3.05, 3.63) is 0 Å². The van der Waals surface area contributed by atoms with Crippen LogP contribution in [0, 0.1) is 0 Å². The largest absolute Gasteiger partial charge is 0.385 e. The molecular formula is C8H18N2O. The predicted molar refractivity (Wildman–Crippen MR) is 47.8 cm³/mol. The fourth-order valence-corrected chi connectivity index (χ4v) is 0.878. The molecular weight excluding hydrogens is 140 g/mol. The number of ether oxygens (including phenoxy) is 1. The Kier molecular flexibility index (Phi) is 4.86. The highest BCUT2D eigenvalue weighted by Gasteiger charge is 2.08. The van der Waals surface area contributed by atoms with Crippen molar-refractivity contribution in [2.75, 3.05) is 7.11 Å². The molecule has 0 saturated carbocycles. The Hall–Kier alpha value is -0.570. The molecule has 3 nitrogen and oxygen atoms in total. The third kappa shape index (κ3) is 3.98. The number of hydrogen-bond donors (Lipinski definition) is 1. The SMILES string of the molecule is CCC(OC)C(N)=NC(C)C. The second-order valence-electron chi connectivity index (χ2n) is 2.78. The molecule has 2 N–H and O–H groups in total. The van der Waals surface area contributed by atoms with Crippen molar-refractivity contribution in [1.29, 1.82) is 0 Å². The number of nitrogens with zero attached hydrogens (tertiary/aromatic N) is 1. The number of aliphatic imine (C=N–C) groups is 1. The number of amidine groups is 1. The first-order chi connectivity index (χ1) is 5.11. The van der Waals surface area contributed by atoms with Crippen LogP contribution in [0.1, 0.15) is 27.2 Å². The first-order valence-electron chi connectivity index (χ1n) is 3.97. The minimum absolute atomic E-state index is 0.0163. The van der Waals surface area contributed by atoms with Gasteiger partial charge in [0.25, 0.3) is 0 Å². The maximum atomic E-state index is 5.66. The Morgan fingerprint density at radius 1 is 1.55 bits per heavy atom. The zero-order chi connectivity index (χ0) is 8.85. The number of hydrogen-bond acceptors (Lipinski definition) is 2. The van der Waals surface area contributed by atoms with Crippen molar-refractivity contribution in [3.8, 4) is 0 Å². The van der Waals surface area contributed by atoms with Crippen LogP contribution in [0.3, 0.4) is 0 Å².